The van der Waals surface area contributed by atoms with E-state index in [2.05, 4.69) is 9.47 Å². The monoisotopic (exact) mass is 648 g/mol. The standard InChI is InChI=1S/C34H10F6N6O2/c35-33(36,37)47-21-5-1-17(2-6-21)29-27(15-45)23-9-24-26(10-25(23)31(29)19(11-41)12-42)32(20(13-43)14-44)30(28(24)16-46)18-3-7-22(8-4-18)48-34(38,39)40/h1-10H. The van der Waals surface area contributed by atoms with Gasteiger partial charge in [-0.05, 0) is 58.7 Å². The van der Waals surface area contributed by atoms with E-state index in [0.717, 1.165) is 24.3 Å². The van der Waals surface area contributed by atoms with E-state index in [9.17, 15) is 57.9 Å². The highest BCUT2D eigenvalue weighted by molar-refractivity contribution is 6.29. The molecule has 0 bridgehead atoms. The summed E-state index contributed by atoms with van der Waals surface area (Å²) in [6.07, 6.45) is -9.97. The van der Waals surface area contributed by atoms with Gasteiger partial charge < -0.3 is 9.47 Å². The molecule has 8 nitrogen and oxygen atoms in total. The fourth-order valence-corrected chi connectivity index (χ4v) is 5.46. The molecule has 0 heterocycles. The SMILES string of the molecule is N#CC(C#N)=C1C(c2ccc(OC(F)(F)F)cc2)=C(C#N)c2cc3c(cc21)C(=C(C#N)C#N)C(c1ccc(OC(F)(F)F)cc1)=C3C#N. The van der Waals surface area contributed by atoms with Crippen LogP contribution in [0.3, 0.4) is 0 Å². The van der Waals surface area contributed by atoms with Gasteiger partial charge >= 0.3 is 12.7 Å². The lowest BCUT2D eigenvalue weighted by atomic mass is 9.89. The predicted octanol–water partition coefficient (Wildman–Crippen LogP) is 7.98. The fourth-order valence-electron chi connectivity index (χ4n) is 5.46. The number of benzene rings is 3. The molecule has 2 aliphatic carbocycles. The normalized spacial score (nSPS) is 13.2. The van der Waals surface area contributed by atoms with Gasteiger partial charge in [0.15, 0.2) is 0 Å². The Morgan fingerprint density at radius 1 is 0.479 bits per heavy atom. The molecule has 0 amide bonds. The molecule has 0 spiro atoms. The van der Waals surface area contributed by atoms with Crippen LogP contribution in [-0.2, 0) is 0 Å². The van der Waals surface area contributed by atoms with E-state index in [4.69, 9.17) is 0 Å². The second kappa shape index (κ2) is 11.9. The molecule has 2 aliphatic rings. The largest absolute Gasteiger partial charge is 0.573 e. The molecule has 5 rings (SSSR count). The number of alkyl halides is 6. The molecule has 0 N–H and O–H groups in total. The van der Waals surface area contributed by atoms with Crippen molar-refractivity contribution in [2.75, 3.05) is 0 Å². The van der Waals surface area contributed by atoms with Gasteiger partial charge in [0.05, 0.1) is 11.1 Å². The van der Waals surface area contributed by atoms with Crippen molar-refractivity contribution in [2.24, 2.45) is 0 Å². The summed E-state index contributed by atoms with van der Waals surface area (Å²) in [6, 6.07) is 22.4. The quantitative estimate of drug-likeness (QED) is 0.203. The molecular formula is C34H10F6N6O2. The van der Waals surface area contributed by atoms with Crippen LogP contribution in [0.15, 0.2) is 71.8 Å². The first-order chi connectivity index (χ1) is 22.8. The summed E-state index contributed by atoms with van der Waals surface area (Å²) < 4.78 is 84.4. The van der Waals surface area contributed by atoms with E-state index < -0.39 is 35.4 Å². The number of ether oxygens (including phenoxy) is 2. The first-order valence-corrected chi connectivity index (χ1v) is 13.1. The van der Waals surface area contributed by atoms with Gasteiger partial charge in [-0.15, -0.1) is 26.3 Å². The van der Waals surface area contributed by atoms with Crippen molar-refractivity contribution in [3.05, 3.63) is 105 Å². The lowest BCUT2D eigenvalue weighted by Crippen LogP contribution is -2.17. The molecule has 230 valence electrons. The third-order valence-corrected chi connectivity index (χ3v) is 7.16. The van der Waals surface area contributed by atoms with Crippen LogP contribution >= 0.6 is 0 Å². The van der Waals surface area contributed by atoms with E-state index in [1.54, 1.807) is 24.3 Å². The van der Waals surface area contributed by atoms with Gasteiger partial charge in [-0.25, -0.2) is 0 Å². The second-order valence-electron chi connectivity index (χ2n) is 9.76. The maximum Gasteiger partial charge on any atom is 0.573 e. The van der Waals surface area contributed by atoms with Crippen molar-refractivity contribution >= 4 is 33.4 Å². The lowest BCUT2D eigenvalue weighted by molar-refractivity contribution is -0.275. The Balaban J connectivity index is 1.79. The molecular weight excluding hydrogens is 638 g/mol. The van der Waals surface area contributed by atoms with Crippen molar-refractivity contribution in [2.45, 2.75) is 12.7 Å². The predicted molar refractivity (Wildman–Crippen MR) is 154 cm³/mol. The topological polar surface area (TPSA) is 161 Å². The van der Waals surface area contributed by atoms with Crippen LogP contribution in [0.1, 0.15) is 33.4 Å². The van der Waals surface area contributed by atoms with Crippen LogP contribution in [0.4, 0.5) is 26.3 Å². The molecule has 3 aromatic carbocycles. The summed E-state index contributed by atoms with van der Waals surface area (Å²) in [6.45, 7) is 0. The molecule has 0 aliphatic heterocycles. The molecule has 0 atom stereocenters. The maximum atomic E-state index is 12.8. The molecule has 0 aromatic heterocycles. The average Bonchev–Trinajstić information content (AvgIpc) is 3.52. The summed E-state index contributed by atoms with van der Waals surface area (Å²) in [5.74, 6) is -1.15. The van der Waals surface area contributed by atoms with Gasteiger partial charge in [0, 0.05) is 33.4 Å². The molecule has 0 fully saturated rings. The van der Waals surface area contributed by atoms with Crippen molar-refractivity contribution in [3.63, 3.8) is 0 Å². The number of nitriles is 6. The van der Waals surface area contributed by atoms with Crippen LogP contribution in [0.5, 0.6) is 11.5 Å². The van der Waals surface area contributed by atoms with Crippen molar-refractivity contribution in [1.82, 2.24) is 0 Å². The minimum Gasteiger partial charge on any atom is -0.406 e. The average molecular weight is 648 g/mol. The van der Waals surface area contributed by atoms with E-state index in [0.29, 0.717) is 0 Å². The summed E-state index contributed by atoms with van der Waals surface area (Å²) in [5.41, 5.74) is -0.568. The third kappa shape index (κ3) is 5.66. The molecule has 3 aromatic rings. The molecule has 0 saturated carbocycles. The Morgan fingerprint density at radius 3 is 1.06 bits per heavy atom. The first kappa shape index (κ1) is 32.1. The lowest BCUT2D eigenvalue weighted by Gasteiger charge is -2.13. The Kier molecular flexibility index (Phi) is 7.98. The Bertz CT molecular complexity index is 2110. The van der Waals surface area contributed by atoms with Crippen LogP contribution in [0.2, 0.25) is 0 Å². The minimum absolute atomic E-state index is 0.0158. The number of fused-ring (bicyclic) bond motifs is 2. The zero-order chi connectivity index (χ0) is 35.0. The van der Waals surface area contributed by atoms with E-state index in [1.807, 2.05) is 12.1 Å². The number of allylic oxidation sites excluding steroid dienone is 8. The van der Waals surface area contributed by atoms with E-state index >= 15 is 0 Å². The number of nitrogens with zero attached hydrogens (tertiary/aromatic N) is 6. The highest BCUT2D eigenvalue weighted by Gasteiger charge is 2.38. The fraction of sp³-hybridized carbons (Fsp3) is 0.0588. The van der Waals surface area contributed by atoms with Crippen molar-refractivity contribution < 1.29 is 35.8 Å². The molecule has 14 heteroatoms. The maximum absolute atomic E-state index is 12.8. The van der Waals surface area contributed by atoms with Gasteiger partial charge in [-0.3, -0.25) is 0 Å². The molecule has 0 radical (unpaired) electrons. The van der Waals surface area contributed by atoms with Gasteiger partial charge in [-0.2, -0.15) is 31.6 Å². The number of hydrogen-bond acceptors (Lipinski definition) is 8. The Morgan fingerprint density at radius 2 is 0.792 bits per heavy atom. The molecule has 0 saturated heterocycles. The number of hydrogen-bond donors (Lipinski definition) is 0. The highest BCUT2D eigenvalue weighted by atomic mass is 19.4. The van der Waals surface area contributed by atoms with Gasteiger partial charge in [0.2, 0.25) is 0 Å². The van der Waals surface area contributed by atoms with E-state index in [-0.39, 0.29) is 66.8 Å². The Hall–Kier alpha value is -7.26. The Labute approximate surface area is 266 Å². The highest BCUT2D eigenvalue weighted by Crippen LogP contribution is 2.54. The third-order valence-electron chi connectivity index (χ3n) is 7.16. The number of halogens is 6. The zero-order valence-corrected chi connectivity index (χ0v) is 23.5. The van der Waals surface area contributed by atoms with Crippen LogP contribution in [-0.4, -0.2) is 12.7 Å². The van der Waals surface area contributed by atoms with Crippen LogP contribution in [0, 0.1) is 68.0 Å². The second-order valence-corrected chi connectivity index (χ2v) is 9.76. The van der Waals surface area contributed by atoms with Crippen molar-refractivity contribution in [3.8, 4) is 47.9 Å². The smallest absolute Gasteiger partial charge is 0.406 e. The molecule has 0 unspecified atom stereocenters. The van der Waals surface area contributed by atoms with Gasteiger partial charge in [-0.1, -0.05) is 24.3 Å². The van der Waals surface area contributed by atoms with Crippen LogP contribution in [0.25, 0.3) is 33.4 Å². The zero-order valence-electron chi connectivity index (χ0n) is 23.5. The van der Waals surface area contributed by atoms with Gasteiger partial charge in [0.25, 0.3) is 0 Å². The first-order valence-electron chi connectivity index (χ1n) is 13.1. The summed E-state index contributed by atoms with van der Waals surface area (Å²) in [4.78, 5) is 0. The van der Waals surface area contributed by atoms with E-state index in [1.165, 1.54) is 36.4 Å². The molecule has 48 heavy (non-hydrogen) atoms. The van der Waals surface area contributed by atoms with Gasteiger partial charge in [0.1, 0.15) is 59.1 Å². The number of rotatable bonds is 4. The summed E-state index contributed by atoms with van der Waals surface area (Å²) in [5, 5.41) is 60.1. The summed E-state index contributed by atoms with van der Waals surface area (Å²) >= 11 is 0. The van der Waals surface area contributed by atoms with Crippen LogP contribution < -0.4 is 9.47 Å². The minimum atomic E-state index is -4.98. The summed E-state index contributed by atoms with van der Waals surface area (Å²) in [7, 11) is 0. The van der Waals surface area contributed by atoms with Crippen molar-refractivity contribution in [1.29, 1.82) is 31.6 Å².